The lowest BCUT2D eigenvalue weighted by atomic mass is 9.98. The zero-order chi connectivity index (χ0) is 12.1. The number of carbonyl (C=O) groups excluding carboxylic acids is 1. The average Bonchev–Trinajstić information content (AvgIpc) is 2.39. The number of aliphatic imine (C=N–C) groups is 1. The molecule has 0 aromatic heterocycles. The predicted molar refractivity (Wildman–Crippen MR) is 68.4 cm³/mol. The molecule has 0 unspecified atom stereocenters. The number of hydrogen-bond donors (Lipinski definition) is 0. The van der Waals surface area contributed by atoms with Crippen molar-refractivity contribution in [1.29, 1.82) is 0 Å². The van der Waals surface area contributed by atoms with E-state index in [2.05, 4.69) is 36.2 Å². The van der Waals surface area contributed by atoms with Crippen molar-refractivity contribution >= 4 is 6.08 Å². The number of aryl methyl sites for hydroxylation is 1. The number of rotatable bonds is 3. The van der Waals surface area contributed by atoms with Crippen LogP contribution in [-0.4, -0.2) is 6.08 Å². The molecule has 0 aliphatic rings. The molecule has 2 rings (SSSR count). The summed E-state index contributed by atoms with van der Waals surface area (Å²) in [6.45, 7) is 2.47. The molecule has 0 N–H and O–H groups in total. The molecular formula is C15H13NO. The van der Waals surface area contributed by atoms with E-state index in [9.17, 15) is 4.79 Å². The van der Waals surface area contributed by atoms with Gasteiger partial charge in [0.2, 0.25) is 6.08 Å². The maximum atomic E-state index is 10.1. The van der Waals surface area contributed by atoms with Crippen LogP contribution in [0.25, 0.3) is 11.1 Å². The third kappa shape index (κ3) is 2.68. The Labute approximate surface area is 101 Å². The van der Waals surface area contributed by atoms with Gasteiger partial charge in [-0.1, -0.05) is 42.5 Å². The smallest absolute Gasteiger partial charge is 0.211 e. The quantitative estimate of drug-likeness (QED) is 0.578. The molecule has 0 heterocycles. The minimum Gasteiger partial charge on any atom is -0.211 e. The van der Waals surface area contributed by atoms with Gasteiger partial charge in [-0.3, -0.25) is 0 Å². The van der Waals surface area contributed by atoms with Crippen molar-refractivity contribution in [2.24, 2.45) is 4.99 Å². The molecule has 0 atom stereocenters. The molecule has 2 aromatic carbocycles. The Morgan fingerprint density at radius 3 is 2.59 bits per heavy atom. The van der Waals surface area contributed by atoms with E-state index in [1.807, 2.05) is 24.3 Å². The van der Waals surface area contributed by atoms with E-state index in [1.165, 1.54) is 16.7 Å². The highest BCUT2D eigenvalue weighted by Gasteiger charge is 2.02. The van der Waals surface area contributed by atoms with Crippen LogP contribution >= 0.6 is 0 Å². The number of benzene rings is 2. The van der Waals surface area contributed by atoms with Gasteiger partial charge in [-0.15, -0.1) is 0 Å². The van der Waals surface area contributed by atoms with Crippen LogP contribution in [0.2, 0.25) is 0 Å². The van der Waals surface area contributed by atoms with Crippen molar-refractivity contribution in [2.45, 2.75) is 13.5 Å². The lowest BCUT2D eigenvalue weighted by Crippen LogP contribution is -1.87. The minimum absolute atomic E-state index is 0.392. The van der Waals surface area contributed by atoms with Gasteiger partial charge in [0.25, 0.3) is 0 Å². The largest absolute Gasteiger partial charge is 0.235 e. The van der Waals surface area contributed by atoms with Gasteiger partial charge in [-0.25, -0.2) is 9.79 Å². The third-order valence-electron chi connectivity index (χ3n) is 2.71. The van der Waals surface area contributed by atoms with Crippen molar-refractivity contribution in [3.05, 3.63) is 59.7 Å². The molecule has 2 heteroatoms. The average molecular weight is 223 g/mol. The fourth-order valence-electron chi connectivity index (χ4n) is 1.82. The van der Waals surface area contributed by atoms with Crippen LogP contribution in [0.15, 0.2) is 53.5 Å². The SMILES string of the molecule is Cc1ccc(CN=C=O)cc1-c1ccccc1. The van der Waals surface area contributed by atoms with E-state index < -0.39 is 0 Å². The van der Waals surface area contributed by atoms with Crippen LogP contribution in [0, 0.1) is 6.92 Å². The molecule has 0 fully saturated rings. The van der Waals surface area contributed by atoms with E-state index in [1.54, 1.807) is 6.08 Å². The van der Waals surface area contributed by atoms with Crippen molar-refractivity contribution in [3.8, 4) is 11.1 Å². The maximum Gasteiger partial charge on any atom is 0.235 e. The first-order valence-corrected chi connectivity index (χ1v) is 5.50. The predicted octanol–water partition coefficient (Wildman–Crippen LogP) is 3.50. The molecule has 0 bridgehead atoms. The Balaban J connectivity index is 2.43. The summed E-state index contributed by atoms with van der Waals surface area (Å²) in [6, 6.07) is 16.3. The highest BCUT2D eigenvalue weighted by molar-refractivity contribution is 5.67. The molecule has 0 radical (unpaired) electrons. The minimum atomic E-state index is 0.392. The van der Waals surface area contributed by atoms with Gasteiger partial charge in [0.15, 0.2) is 0 Å². The van der Waals surface area contributed by atoms with Crippen LogP contribution in [0.4, 0.5) is 0 Å². The summed E-state index contributed by atoms with van der Waals surface area (Å²) in [5, 5.41) is 0. The number of nitrogens with zero attached hydrogens (tertiary/aromatic N) is 1. The summed E-state index contributed by atoms with van der Waals surface area (Å²) in [7, 11) is 0. The number of isocyanates is 1. The Morgan fingerprint density at radius 2 is 1.88 bits per heavy atom. The van der Waals surface area contributed by atoms with Crippen LogP contribution in [0.5, 0.6) is 0 Å². The first-order valence-electron chi connectivity index (χ1n) is 5.50. The van der Waals surface area contributed by atoms with Crippen LogP contribution in [0.1, 0.15) is 11.1 Å². The second-order valence-electron chi connectivity index (χ2n) is 3.92. The van der Waals surface area contributed by atoms with Crippen LogP contribution in [0.3, 0.4) is 0 Å². The van der Waals surface area contributed by atoms with Crippen molar-refractivity contribution in [2.75, 3.05) is 0 Å². The summed E-state index contributed by atoms with van der Waals surface area (Å²) in [5.74, 6) is 0. The molecule has 2 nitrogen and oxygen atoms in total. The molecule has 0 saturated carbocycles. The van der Waals surface area contributed by atoms with Gasteiger partial charge < -0.3 is 0 Å². The van der Waals surface area contributed by atoms with Crippen LogP contribution in [-0.2, 0) is 11.3 Å². The maximum absolute atomic E-state index is 10.1. The Bertz CT molecular complexity index is 554. The molecule has 0 aliphatic carbocycles. The van der Waals surface area contributed by atoms with Gasteiger partial charge in [0.05, 0.1) is 6.54 Å². The molecule has 2 aromatic rings. The third-order valence-corrected chi connectivity index (χ3v) is 2.71. The molecule has 84 valence electrons. The lowest BCUT2D eigenvalue weighted by molar-refractivity contribution is 0.563. The van der Waals surface area contributed by atoms with Gasteiger partial charge in [-0.05, 0) is 35.2 Å². The monoisotopic (exact) mass is 223 g/mol. The Kier molecular flexibility index (Phi) is 3.49. The van der Waals surface area contributed by atoms with E-state index in [0.29, 0.717) is 6.54 Å². The zero-order valence-electron chi connectivity index (χ0n) is 9.68. The topological polar surface area (TPSA) is 29.4 Å². The Morgan fingerprint density at radius 1 is 1.12 bits per heavy atom. The summed E-state index contributed by atoms with van der Waals surface area (Å²) < 4.78 is 0. The molecule has 0 aliphatic heterocycles. The van der Waals surface area contributed by atoms with Crippen molar-refractivity contribution in [3.63, 3.8) is 0 Å². The molecule has 17 heavy (non-hydrogen) atoms. The zero-order valence-corrected chi connectivity index (χ0v) is 9.68. The normalized spacial score (nSPS) is 9.71. The second kappa shape index (κ2) is 5.24. The van der Waals surface area contributed by atoms with Crippen molar-refractivity contribution in [1.82, 2.24) is 0 Å². The standard InChI is InChI=1S/C15H13NO/c1-12-7-8-13(10-16-11-17)9-15(12)14-5-3-2-4-6-14/h2-9H,10H2,1H3. The second-order valence-corrected chi connectivity index (χ2v) is 3.92. The van der Waals surface area contributed by atoms with E-state index in [4.69, 9.17) is 0 Å². The van der Waals surface area contributed by atoms with E-state index in [0.717, 1.165) is 5.56 Å². The number of hydrogen-bond acceptors (Lipinski definition) is 2. The van der Waals surface area contributed by atoms with Gasteiger partial charge in [-0.2, -0.15) is 0 Å². The molecule has 0 saturated heterocycles. The molecular weight excluding hydrogens is 210 g/mol. The first kappa shape index (κ1) is 11.3. The molecule has 0 amide bonds. The van der Waals surface area contributed by atoms with Crippen molar-refractivity contribution < 1.29 is 4.79 Å². The fourth-order valence-corrected chi connectivity index (χ4v) is 1.82. The lowest BCUT2D eigenvalue weighted by Gasteiger charge is -2.07. The van der Waals surface area contributed by atoms with E-state index >= 15 is 0 Å². The highest BCUT2D eigenvalue weighted by Crippen LogP contribution is 2.24. The molecule has 0 spiro atoms. The van der Waals surface area contributed by atoms with Gasteiger partial charge >= 0.3 is 0 Å². The first-order chi connectivity index (χ1) is 8.31. The van der Waals surface area contributed by atoms with E-state index in [-0.39, 0.29) is 0 Å². The van der Waals surface area contributed by atoms with Gasteiger partial charge in [0.1, 0.15) is 0 Å². The summed E-state index contributed by atoms with van der Waals surface area (Å²) in [4.78, 5) is 13.7. The van der Waals surface area contributed by atoms with Crippen LogP contribution < -0.4 is 0 Å². The fraction of sp³-hybridized carbons (Fsp3) is 0.133. The highest BCUT2D eigenvalue weighted by atomic mass is 16.1. The van der Waals surface area contributed by atoms with Gasteiger partial charge in [0, 0.05) is 0 Å². The summed E-state index contributed by atoms with van der Waals surface area (Å²) in [6.07, 6.45) is 1.57. The summed E-state index contributed by atoms with van der Waals surface area (Å²) in [5.41, 5.74) is 4.61. The Hall–Kier alpha value is -2.18. The summed E-state index contributed by atoms with van der Waals surface area (Å²) >= 11 is 0.